The first kappa shape index (κ1) is 46.4. The van der Waals surface area contributed by atoms with Crippen molar-refractivity contribution in [1.29, 1.82) is 0 Å². The molecular formula is C41H75N5O8. The maximum absolute atomic E-state index is 11.3. The van der Waals surface area contributed by atoms with E-state index in [4.69, 9.17) is 9.47 Å². The van der Waals surface area contributed by atoms with Crippen molar-refractivity contribution in [1.82, 2.24) is 24.8 Å². The lowest BCUT2D eigenvalue weighted by molar-refractivity contribution is -0.304. The molecule has 0 amide bonds. The van der Waals surface area contributed by atoms with Crippen LogP contribution in [0.25, 0.3) is 0 Å². The molecule has 1 aliphatic heterocycles. The van der Waals surface area contributed by atoms with Gasteiger partial charge in [0.05, 0.1) is 25.1 Å². The Morgan fingerprint density at radius 1 is 0.704 bits per heavy atom. The van der Waals surface area contributed by atoms with E-state index in [9.17, 15) is 30.6 Å². The predicted molar refractivity (Wildman–Crippen MR) is 209 cm³/mol. The lowest BCUT2D eigenvalue weighted by Gasteiger charge is -2.40. The van der Waals surface area contributed by atoms with Gasteiger partial charge in [-0.1, -0.05) is 147 Å². The van der Waals surface area contributed by atoms with Crippen molar-refractivity contribution in [3.05, 3.63) is 29.8 Å². The summed E-state index contributed by atoms with van der Waals surface area (Å²) in [6.07, 6.45) is 25.1. The van der Waals surface area contributed by atoms with Gasteiger partial charge in [0.2, 0.25) is 0 Å². The topological polar surface area (TPSA) is 188 Å². The van der Waals surface area contributed by atoms with Gasteiger partial charge in [-0.2, -0.15) is 5.10 Å². The maximum Gasteiger partial charge on any atom is 0.186 e. The van der Waals surface area contributed by atoms with E-state index in [1.807, 2.05) is 6.92 Å². The molecule has 0 aliphatic carbocycles. The molecule has 0 spiro atoms. The number of aryl methyl sites for hydroxylation is 2. The van der Waals surface area contributed by atoms with E-state index in [1.165, 1.54) is 139 Å². The molecule has 1 fully saturated rings. The van der Waals surface area contributed by atoms with E-state index < -0.39 is 55.6 Å². The van der Waals surface area contributed by atoms with E-state index in [0.29, 0.717) is 12.1 Å². The van der Waals surface area contributed by atoms with Crippen molar-refractivity contribution in [2.75, 3.05) is 13.2 Å². The van der Waals surface area contributed by atoms with Crippen LogP contribution in [0, 0.1) is 0 Å². The highest BCUT2D eigenvalue weighted by molar-refractivity contribution is 5.11. The van der Waals surface area contributed by atoms with Crippen molar-refractivity contribution < 1.29 is 40.1 Å². The van der Waals surface area contributed by atoms with Crippen LogP contribution in [0.3, 0.4) is 0 Å². The highest BCUT2D eigenvalue weighted by Gasteiger charge is 2.44. The van der Waals surface area contributed by atoms with Crippen molar-refractivity contribution in [2.45, 2.75) is 217 Å². The molecule has 0 bridgehead atoms. The number of aliphatic hydroxyl groups excluding tert-OH is 6. The van der Waals surface area contributed by atoms with Crippen molar-refractivity contribution in [3.63, 3.8) is 0 Å². The Balaban J connectivity index is 1.30. The summed E-state index contributed by atoms with van der Waals surface area (Å²) in [6.45, 7) is 3.91. The normalized spacial score (nSPS) is 22.1. The molecule has 6 N–H and O–H groups in total. The summed E-state index contributed by atoms with van der Waals surface area (Å²) < 4.78 is 14.3. The first-order valence-electron chi connectivity index (χ1n) is 21.5. The standard InChI is InChI=1S/C41H75N5O8/c1-3-5-6-7-8-9-10-11-12-13-14-15-16-17-18-19-20-21-22-23-24-25-26-33-29-46(44-43-33)34(37(49)36(48)32-27-42-45(4-2)28-32)31-53-41-40(52)39(51)38(50)35(30-47)54-41/h27-29,34-41,47-52H,3-26,30-31H2,1-2H3/t34-,35+,36+,37-,38-,39-,40+,41-/m0/s1. The van der Waals surface area contributed by atoms with Crippen LogP contribution in [0.4, 0.5) is 0 Å². The third kappa shape index (κ3) is 16.6. The van der Waals surface area contributed by atoms with Gasteiger partial charge in [-0.25, -0.2) is 4.68 Å². The van der Waals surface area contributed by atoms with E-state index in [2.05, 4.69) is 22.3 Å². The van der Waals surface area contributed by atoms with Gasteiger partial charge in [0, 0.05) is 24.5 Å². The second-order valence-corrected chi connectivity index (χ2v) is 15.5. The van der Waals surface area contributed by atoms with E-state index in [-0.39, 0.29) is 6.61 Å². The van der Waals surface area contributed by atoms with Crippen molar-refractivity contribution >= 4 is 0 Å². The number of aliphatic hydroxyl groups is 6. The summed E-state index contributed by atoms with van der Waals surface area (Å²) in [5, 5.41) is 75.5. The zero-order valence-electron chi connectivity index (χ0n) is 33.5. The Morgan fingerprint density at radius 3 is 1.70 bits per heavy atom. The third-order valence-electron chi connectivity index (χ3n) is 11.0. The number of unbranched alkanes of at least 4 members (excludes halogenated alkanes) is 21. The number of hydrogen-bond donors (Lipinski definition) is 6. The number of nitrogens with zero attached hydrogens (tertiary/aromatic N) is 5. The van der Waals surface area contributed by atoms with Crippen LogP contribution in [0.5, 0.6) is 0 Å². The summed E-state index contributed by atoms with van der Waals surface area (Å²) in [5.41, 5.74) is 1.17. The molecule has 1 saturated heterocycles. The summed E-state index contributed by atoms with van der Waals surface area (Å²) >= 11 is 0. The van der Waals surface area contributed by atoms with E-state index in [0.717, 1.165) is 25.0 Å². The minimum Gasteiger partial charge on any atom is -0.394 e. The fraction of sp³-hybridized carbons (Fsp3) is 0.878. The van der Waals surface area contributed by atoms with Gasteiger partial charge in [0.1, 0.15) is 42.7 Å². The largest absolute Gasteiger partial charge is 0.394 e. The minimum atomic E-state index is -1.61. The van der Waals surface area contributed by atoms with Gasteiger partial charge in [-0.05, 0) is 19.8 Å². The molecule has 13 nitrogen and oxygen atoms in total. The van der Waals surface area contributed by atoms with Crippen molar-refractivity contribution in [3.8, 4) is 0 Å². The quantitative estimate of drug-likeness (QED) is 0.0473. The Bertz CT molecular complexity index is 1200. The highest BCUT2D eigenvalue weighted by atomic mass is 16.7. The van der Waals surface area contributed by atoms with E-state index >= 15 is 0 Å². The van der Waals surface area contributed by atoms with Gasteiger partial charge in [-0.15, -0.1) is 5.10 Å². The summed E-state index contributed by atoms with van der Waals surface area (Å²) in [4.78, 5) is 0. The van der Waals surface area contributed by atoms with Crippen LogP contribution in [0.15, 0.2) is 18.6 Å². The third-order valence-corrected chi connectivity index (χ3v) is 11.0. The summed E-state index contributed by atoms with van der Waals surface area (Å²) in [6, 6.07) is -0.955. The Hall–Kier alpha value is -1.97. The number of ether oxygens (including phenoxy) is 2. The maximum atomic E-state index is 11.3. The molecule has 13 heteroatoms. The van der Waals surface area contributed by atoms with Gasteiger partial charge in [-0.3, -0.25) is 4.68 Å². The highest BCUT2D eigenvalue weighted by Crippen LogP contribution is 2.28. The SMILES string of the molecule is CCCCCCCCCCCCCCCCCCCCCCCCc1cn([C@@H](CO[C@H]2O[C@H](CO)[C@H](O)[C@H](O)[C@H]2O)[C@H](O)[C@H](O)c2cnn(CC)c2)nn1. The first-order valence-corrected chi connectivity index (χ1v) is 21.5. The molecule has 0 radical (unpaired) electrons. The fourth-order valence-electron chi connectivity index (χ4n) is 7.35. The second-order valence-electron chi connectivity index (χ2n) is 15.5. The number of hydrogen-bond acceptors (Lipinski definition) is 11. The van der Waals surface area contributed by atoms with Gasteiger partial charge in [0.25, 0.3) is 0 Å². The summed E-state index contributed by atoms with van der Waals surface area (Å²) in [5.74, 6) is 0. The van der Waals surface area contributed by atoms with Crippen LogP contribution in [0.1, 0.15) is 179 Å². The molecule has 1 aliphatic rings. The number of aromatic nitrogens is 5. The van der Waals surface area contributed by atoms with Crippen LogP contribution in [-0.2, 0) is 22.4 Å². The van der Waals surface area contributed by atoms with Crippen LogP contribution in [0.2, 0.25) is 0 Å². The molecule has 312 valence electrons. The molecule has 8 atom stereocenters. The summed E-state index contributed by atoms with van der Waals surface area (Å²) in [7, 11) is 0. The molecule has 0 unspecified atom stereocenters. The van der Waals surface area contributed by atoms with Crippen LogP contribution in [-0.4, -0.2) is 105 Å². The monoisotopic (exact) mass is 766 g/mol. The Kier molecular flexibility index (Phi) is 23.7. The lowest BCUT2D eigenvalue weighted by atomic mass is 9.99. The van der Waals surface area contributed by atoms with Gasteiger partial charge < -0.3 is 40.1 Å². The lowest BCUT2D eigenvalue weighted by Crippen LogP contribution is -2.59. The zero-order chi connectivity index (χ0) is 39.0. The zero-order valence-corrected chi connectivity index (χ0v) is 33.5. The predicted octanol–water partition coefficient (Wildman–Crippen LogP) is 6.09. The minimum absolute atomic E-state index is 0.287. The molecule has 0 aromatic carbocycles. The van der Waals surface area contributed by atoms with Gasteiger partial charge >= 0.3 is 0 Å². The first-order chi connectivity index (χ1) is 26.3. The smallest absolute Gasteiger partial charge is 0.186 e. The van der Waals surface area contributed by atoms with Crippen molar-refractivity contribution in [2.24, 2.45) is 0 Å². The molecule has 54 heavy (non-hydrogen) atoms. The van der Waals surface area contributed by atoms with E-state index in [1.54, 1.807) is 17.1 Å². The average molecular weight is 766 g/mol. The molecule has 3 rings (SSSR count). The van der Waals surface area contributed by atoms with Crippen LogP contribution < -0.4 is 0 Å². The Morgan fingerprint density at radius 2 is 1.22 bits per heavy atom. The van der Waals surface area contributed by atoms with Gasteiger partial charge in [0.15, 0.2) is 6.29 Å². The fourth-order valence-corrected chi connectivity index (χ4v) is 7.35. The molecule has 0 saturated carbocycles. The average Bonchev–Trinajstić information content (AvgIpc) is 3.87. The molecule has 2 aromatic heterocycles. The molecular weight excluding hydrogens is 690 g/mol. The molecule has 3 heterocycles. The number of rotatable bonds is 32. The molecule has 2 aromatic rings. The second kappa shape index (κ2) is 27.6. The Labute approximate surface area is 324 Å². The van der Waals surface area contributed by atoms with Crippen LogP contribution >= 0.6 is 0 Å².